The lowest BCUT2D eigenvalue weighted by molar-refractivity contribution is -0.159. The van der Waals surface area contributed by atoms with Gasteiger partial charge in [-0.15, -0.1) is 0 Å². The molecule has 0 radical (unpaired) electrons. The van der Waals surface area contributed by atoms with E-state index in [-0.39, 0.29) is 38.8 Å². The highest BCUT2D eigenvalue weighted by atomic mass is 16.3. The number of carbonyl (C=O) groups excluding carboxylic acids is 2. The molecule has 1 fully saturated rings. The zero-order valence-corrected chi connectivity index (χ0v) is 46.0. The molecule has 2 unspecified atom stereocenters. The van der Waals surface area contributed by atoms with Crippen molar-refractivity contribution in [3.8, 4) is 0 Å². The van der Waals surface area contributed by atoms with Gasteiger partial charge in [0.2, 0.25) is 11.8 Å². The summed E-state index contributed by atoms with van der Waals surface area (Å²) in [4.78, 5) is 33.3. The Morgan fingerprint density at radius 2 is 0.646 bits per heavy atom. The van der Waals surface area contributed by atoms with Crippen LogP contribution < -0.4 is 5.73 Å². The second-order valence-corrected chi connectivity index (χ2v) is 23.1. The van der Waals surface area contributed by atoms with E-state index >= 15 is 15.0 Å². The van der Waals surface area contributed by atoms with Gasteiger partial charge in [-0.25, -0.2) is 0 Å². The molecule has 0 aromatic heterocycles. The molecule has 0 saturated heterocycles. The van der Waals surface area contributed by atoms with Crippen LogP contribution >= 0.6 is 0 Å². The van der Waals surface area contributed by atoms with Crippen LogP contribution in [0.2, 0.25) is 0 Å². The standard InChI is InChI=1S/C76H66N2O4/c77-72(79)74(46-14-1-15-47-74)73(80)78(50-75(81,48-58-34-16-28-52-22-2-8-36-60(52)58)70(66-42-18-30-54-24-4-10-38-62(54)66)67-43-19-31-55-25-5-11-39-63(55)67)51-76(82,49-59-35-17-29-53-23-3-9-37-61(53)59)71(68-44-20-32-56-26-6-12-40-64(56)68)69-45-21-33-57-27-7-13-41-65(57)69/h2-13,16-45,70-71,81-82H,1,14-15,46-51H2,(H2,77,79). The Bertz CT molecular complexity index is 3930. The van der Waals surface area contributed by atoms with Crippen LogP contribution in [0.3, 0.4) is 0 Å². The minimum Gasteiger partial charge on any atom is -0.387 e. The summed E-state index contributed by atoms with van der Waals surface area (Å²) in [5.74, 6) is -2.73. The molecule has 1 saturated carbocycles. The summed E-state index contributed by atoms with van der Waals surface area (Å²) in [7, 11) is 0. The number of amides is 2. The van der Waals surface area contributed by atoms with Crippen LogP contribution in [-0.4, -0.2) is 51.2 Å². The van der Waals surface area contributed by atoms with Crippen molar-refractivity contribution in [2.45, 2.75) is 68.0 Å². The first-order chi connectivity index (χ1) is 40.1. The number of primary amides is 1. The second-order valence-electron chi connectivity index (χ2n) is 23.1. The van der Waals surface area contributed by atoms with Crippen molar-refractivity contribution in [1.29, 1.82) is 0 Å². The summed E-state index contributed by atoms with van der Waals surface area (Å²) in [6.45, 7) is -0.562. The molecule has 12 aromatic rings. The number of benzene rings is 12. The third-order valence-corrected chi connectivity index (χ3v) is 18.2. The summed E-state index contributed by atoms with van der Waals surface area (Å²) >= 11 is 0. The average Bonchev–Trinajstić information content (AvgIpc) is 2.06. The van der Waals surface area contributed by atoms with Gasteiger partial charge in [-0.2, -0.15) is 0 Å². The van der Waals surface area contributed by atoms with Gasteiger partial charge < -0.3 is 20.8 Å². The Kier molecular flexibility index (Phi) is 14.0. The first kappa shape index (κ1) is 52.4. The van der Waals surface area contributed by atoms with Crippen LogP contribution in [0.1, 0.15) is 77.3 Å². The number of rotatable bonds is 16. The number of hydrogen-bond donors (Lipinski definition) is 3. The van der Waals surface area contributed by atoms with Crippen LogP contribution in [-0.2, 0) is 22.4 Å². The fourth-order valence-corrected chi connectivity index (χ4v) is 14.4. The van der Waals surface area contributed by atoms with Crippen molar-refractivity contribution in [1.82, 2.24) is 4.90 Å². The Morgan fingerprint density at radius 1 is 0.378 bits per heavy atom. The van der Waals surface area contributed by atoms with Crippen LogP contribution in [0.25, 0.3) is 64.6 Å². The summed E-state index contributed by atoms with van der Waals surface area (Å²) in [5, 5.41) is 42.4. The molecule has 1 aliphatic rings. The third-order valence-electron chi connectivity index (χ3n) is 18.2. The lowest BCUT2D eigenvalue weighted by Gasteiger charge is -2.48. The molecule has 0 bridgehead atoms. The van der Waals surface area contributed by atoms with E-state index < -0.39 is 40.3 Å². The Balaban J connectivity index is 1.11. The molecule has 0 aliphatic heterocycles. The molecule has 12 aromatic carbocycles. The largest absolute Gasteiger partial charge is 0.387 e. The van der Waals surface area contributed by atoms with Crippen LogP contribution in [0.5, 0.6) is 0 Å². The van der Waals surface area contributed by atoms with E-state index in [0.717, 1.165) is 104 Å². The lowest BCUT2D eigenvalue weighted by atomic mass is 9.68. The molecule has 6 heteroatoms. The molecule has 4 N–H and O–H groups in total. The first-order valence-corrected chi connectivity index (χ1v) is 29.0. The van der Waals surface area contributed by atoms with Crippen molar-refractivity contribution in [2.75, 3.05) is 13.1 Å². The number of hydrogen-bond acceptors (Lipinski definition) is 4. The predicted octanol–water partition coefficient (Wildman–Crippen LogP) is 15.8. The maximum atomic E-state index is 17.0. The molecule has 0 spiro atoms. The summed E-state index contributed by atoms with van der Waals surface area (Å²) in [6, 6.07) is 87.3. The SMILES string of the molecule is NC(=O)C1(C(=O)N(CC(O)(Cc2cccc3ccccc23)C(c2cccc3ccccc23)c2cccc3ccccc23)CC(O)(Cc2cccc3ccccc23)C(c2cccc3ccccc23)c2cccc3ccccc23)CCCCC1. The number of fused-ring (bicyclic) bond motifs is 6. The summed E-state index contributed by atoms with van der Waals surface area (Å²) < 4.78 is 0. The van der Waals surface area contributed by atoms with Gasteiger partial charge in [0.15, 0.2) is 0 Å². The van der Waals surface area contributed by atoms with E-state index in [1.54, 1.807) is 4.90 Å². The molecule has 2 amide bonds. The fraction of sp³-hybridized carbons (Fsp3) is 0.184. The van der Waals surface area contributed by atoms with Gasteiger partial charge in [0, 0.05) is 24.7 Å². The summed E-state index contributed by atoms with van der Waals surface area (Å²) in [5.41, 5.74) is 6.71. The van der Waals surface area contributed by atoms with E-state index in [1.807, 2.05) is 84.9 Å². The number of aliphatic hydroxyl groups is 2. The molecule has 82 heavy (non-hydrogen) atoms. The quantitative estimate of drug-likeness (QED) is 0.0839. The van der Waals surface area contributed by atoms with Gasteiger partial charge in [0.05, 0.1) is 24.3 Å². The van der Waals surface area contributed by atoms with Crippen molar-refractivity contribution in [3.05, 3.63) is 288 Å². The first-order valence-electron chi connectivity index (χ1n) is 29.0. The zero-order valence-electron chi connectivity index (χ0n) is 46.0. The Labute approximate surface area is 479 Å². The Morgan fingerprint density at radius 3 is 0.963 bits per heavy atom. The monoisotopic (exact) mass is 1070 g/mol. The second kappa shape index (κ2) is 21.8. The smallest absolute Gasteiger partial charge is 0.238 e. The zero-order chi connectivity index (χ0) is 55.8. The highest BCUT2D eigenvalue weighted by Crippen LogP contribution is 2.49. The normalized spacial score (nSPS) is 15.1. The molecule has 404 valence electrons. The average molecular weight is 1070 g/mol. The maximum absolute atomic E-state index is 17.0. The minimum absolute atomic E-state index is 0.0939. The van der Waals surface area contributed by atoms with E-state index in [1.165, 1.54) is 0 Å². The minimum atomic E-state index is -1.85. The van der Waals surface area contributed by atoms with Crippen molar-refractivity contribution in [3.63, 3.8) is 0 Å². The number of carbonyl (C=O) groups is 2. The van der Waals surface area contributed by atoms with E-state index in [0.29, 0.717) is 12.8 Å². The Hall–Kier alpha value is -8.94. The van der Waals surface area contributed by atoms with Gasteiger partial charge in [-0.05, 0) is 111 Å². The van der Waals surface area contributed by atoms with Crippen molar-refractivity contribution >= 4 is 76.4 Å². The van der Waals surface area contributed by atoms with E-state index in [4.69, 9.17) is 5.73 Å². The molecule has 6 nitrogen and oxygen atoms in total. The highest BCUT2D eigenvalue weighted by Gasteiger charge is 2.53. The molecule has 1 aliphatic carbocycles. The van der Waals surface area contributed by atoms with Crippen molar-refractivity contribution in [2.24, 2.45) is 11.1 Å². The molecular weight excluding hydrogens is 1000 g/mol. The third kappa shape index (κ3) is 9.55. The molecule has 2 atom stereocenters. The van der Waals surface area contributed by atoms with Crippen LogP contribution in [0, 0.1) is 5.41 Å². The highest BCUT2D eigenvalue weighted by molar-refractivity contribution is 6.05. The van der Waals surface area contributed by atoms with Gasteiger partial charge in [-0.3, -0.25) is 9.59 Å². The molecule has 0 heterocycles. The maximum Gasteiger partial charge on any atom is 0.238 e. The topological polar surface area (TPSA) is 104 Å². The fourth-order valence-electron chi connectivity index (χ4n) is 14.4. The van der Waals surface area contributed by atoms with Gasteiger partial charge in [0.1, 0.15) is 5.41 Å². The van der Waals surface area contributed by atoms with E-state index in [2.05, 4.69) is 170 Å². The van der Waals surface area contributed by atoms with Gasteiger partial charge >= 0.3 is 0 Å². The number of nitrogens with zero attached hydrogens (tertiary/aromatic N) is 1. The molecular formula is C76H66N2O4. The number of nitrogens with two attached hydrogens (primary N) is 1. The predicted molar refractivity (Wildman–Crippen MR) is 336 cm³/mol. The van der Waals surface area contributed by atoms with Crippen LogP contribution in [0.15, 0.2) is 255 Å². The lowest BCUT2D eigenvalue weighted by Crippen LogP contribution is -2.61. The van der Waals surface area contributed by atoms with Crippen LogP contribution in [0.4, 0.5) is 0 Å². The summed E-state index contributed by atoms with van der Waals surface area (Å²) in [6.07, 6.45) is 2.82. The van der Waals surface area contributed by atoms with Gasteiger partial charge in [-0.1, -0.05) is 274 Å². The van der Waals surface area contributed by atoms with Crippen molar-refractivity contribution < 1.29 is 19.8 Å². The van der Waals surface area contributed by atoms with Gasteiger partial charge in [0.25, 0.3) is 0 Å². The van der Waals surface area contributed by atoms with E-state index in [9.17, 15) is 4.79 Å². The molecule has 13 rings (SSSR count).